The number of hydrogen-bond donors (Lipinski definition) is 1. The molecule has 2 N–H and O–H groups in total. The van der Waals surface area contributed by atoms with Crippen LogP contribution in [0.4, 0.5) is 0 Å². The third-order valence-corrected chi connectivity index (χ3v) is 2.79. The first-order valence-corrected chi connectivity index (χ1v) is 6.01. The molecule has 1 heterocycles. The van der Waals surface area contributed by atoms with Crippen molar-refractivity contribution < 1.29 is 14.2 Å². The molecule has 0 amide bonds. The van der Waals surface area contributed by atoms with Crippen LogP contribution in [-0.2, 0) is 6.54 Å². The molecule has 0 radical (unpaired) electrons. The molecule has 0 spiro atoms. The lowest BCUT2D eigenvalue weighted by Gasteiger charge is -2.00. The fourth-order valence-electron chi connectivity index (χ4n) is 1.78. The molecule has 0 bridgehead atoms. The zero-order valence-electron chi connectivity index (χ0n) is 10.5. The van der Waals surface area contributed by atoms with Crippen molar-refractivity contribution in [2.45, 2.75) is 6.54 Å². The summed E-state index contributed by atoms with van der Waals surface area (Å²) in [5.41, 5.74) is 6.50. The minimum Gasteiger partial charge on any atom is -0.324 e. The zero-order valence-corrected chi connectivity index (χ0v) is 10.5. The van der Waals surface area contributed by atoms with Crippen molar-refractivity contribution in [2.75, 3.05) is 6.54 Å². The molecule has 0 aliphatic carbocycles. The van der Waals surface area contributed by atoms with E-state index in [0.717, 1.165) is 0 Å². The van der Waals surface area contributed by atoms with Crippen LogP contribution in [0.5, 0.6) is 0 Å². The first-order valence-electron chi connectivity index (χ1n) is 6.01. The molecule has 0 aliphatic heterocycles. The van der Waals surface area contributed by atoms with Gasteiger partial charge in [0.25, 0.3) is 0 Å². The first-order chi connectivity index (χ1) is 9.20. The van der Waals surface area contributed by atoms with Gasteiger partial charge in [-0.15, -0.1) is 0 Å². The van der Waals surface area contributed by atoms with Gasteiger partial charge in [0.2, 0.25) is 12.3 Å². The van der Waals surface area contributed by atoms with Crippen LogP contribution >= 0.6 is 0 Å². The normalized spacial score (nSPS) is 10.2. The number of nitrogens with zero attached hydrogens (tertiary/aromatic N) is 1. The number of nitrogens with two attached hydrogens (primary N) is 1. The average molecular weight is 255 g/mol. The van der Waals surface area contributed by atoms with Crippen molar-refractivity contribution in [2.24, 2.45) is 5.73 Å². The van der Waals surface area contributed by atoms with E-state index < -0.39 is 0 Å². The Morgan fingerprint density at radius 1 is 0.947 bits per heavy atom. The summed E-state index contributed by atoms with van der Waals surface area (Å²) in [4.78, 5) is 23.5. The summed E-state index contributed by atoms with van der Waals surface area (Å²) in [6, 6.07) is 12.5. The standard InChI is InChI=1S/C15H15N2O2/c16-9-14(18)13-7-4-8-17(10-13)11-15(19)12-5-2-1-3-6-12/h1-8,10H,9,11,16H2/q+1. The number of benzene rings is 1. The Balaban J connectivity index is 2.16. The maximum absolute atomic E-state index is 12.0. The molecule has 0 saturated heterocycles. The first kappa shape index (κ1) is 13.1. The van der Waals surface area contributed by atoms with Crippen LogP contribution in [0.2, 0.25) is 0 Å². The average Bonchev–Trinajstić information content (AvgIpc) is 2.47. The highest BCUT2D eigenvalue weighted by Crippen LogP contribution is 2.00. The van der Waals surface area contributed by atoms with Crippen LogP contribution in [0.15, 0.2) is 54.9 Å². The number of ketones is 2. The molecule has 2 aromatic rings. The Bertz CT molecular complexity index is 594. The van der Waals surface area contributed by atoms with Gasteiger partial charge in [-0.3, -0.25) is 9.59 Å². The third kappa shape index (κ3) is 3.33. The van der Waals surface area contributed by atoms with Gasteiger partial charge in [0.15, 0.2) is 18.2 Å². The Morgan fingerprint density at radius 2 is 1.63 bits per heavy atom. The largest absolute Gasteiger partial charge is 0.324 e. The van der Waals surface area contributed by atoms with E-state index in [4.69, 9.17) is 5.73 Å². The molecule has 0 saturated carbocycles. The molecule has 0 unspecified atom stereocenters. The molecule has 19 heavy (non-hydrogen) atoms. The summed E-state index contributed by atoms with van der Waals surface area (Å²) >= 11 is 0. The van der Waals surface area contributed by atoms with Gasteiger partial charge in [0.1, 0.15) is 0 Å². The fraction of sp³-hybridized carbons (Fsp3) is 0.133. The zero-order chi connectivity index (χ0) is 13.7. The Morgan fingerprint density at radius 3 is 2.32 bits per heavy atom. The van der Waals surface area contributed by atoms with Crippen molar-refractivity contribution in [3.8, 4) is 0 Å². The van der Waals surface area contributed by atoms with Crippen molar-refractivity contribution in [1.82, 2.24) is 0 Å². The summed E-state index contributed by atoms with van der Waals surface area (Å²) in [6.45, 7) is 0.173. The van der Waals surface area contributed by atoms with Gasteiger partial charge in [-0.1, -0.05) is 30.3 Å². The highest BCUT2D eigenvalue weighted by molar-refractivity contribution is 5.97. The van der Waals surface area contributed by atoms with Gasteiger partial charge < -0.3 is 5.73 Å². The number of carbonyl (C=O) groups is 2. The lowest BCUT2D eigenvalue weighted by Crippen LogP contribution is -2.38. The number of Topliss-reactive ketones (excluding diaryl/α,β-unsaturated/α-hetero) is 2. The van der Waals surface area contributed by atoms with Crippen LogP contribution in [0, 0.1) is 0 Å². The van der Waals surface area contributed by atoms with E-state index in [1.54, 1.807) is 41.2 Å². The van der Waals surface area contributed by atoms with E-state index in [2.05, 4.69) is 0 Å². The molecule has 0 aliphatic rings. The summed E-state index contributed by atoms with van der Waals surface area (Å²) < 4.78 is 1.69. The molecule has 4 heteroatoms. The number of rotatable bonds is 5. The smallest absolute Gasteiger partial charge is 0.227 e. The number of hydrogen-bond acceptors (Lipinski definition) is 3. The molecular weight excluding hydrogens is 240 g/mol. The van der Waals surface area contributed by atoms with Crippen LogP contribution in [0.25, 0.3) is 0 Å². The maximum Gasteiger partial charge on any atom is 0.227 e. The minimum absolute atomic E-state index is 0.00273. The van der Waals surface area contributed by atoms with E-state index >= 15 is 0 Å². The summed E-state index contributed by atoms with van der Waals surface area (Å²) in [7, 11) is 0. The molecule has 0 atom stereocenters. The Hall–Kier alpha value is -2.33. The quantitative estimate of drug-likeness (QED) is 0.640. The number of aromatic nitrogens is 1. The highest BCUT2D eigenvalue weighted by atomic mass is 16.1. The highest BCUT2D eigenvalue weighted by Gasteiger charge is 2.14. The monoisotopic (exact) mass is 255 g/mol. The SMILES string of the molecule is NCC(=O)c1ccc[n+](CC(=O)c2ccccc2)c1. The van der Waals surface area contributed by atoms with Gasteiger partial charge >= 0.3 is 0 Å². The molecule has 0 fully saturated rings. The van der Waals surface area contributed by atoms with Crippen molar-refractivity contribution in [3.63, 3.8) is 0 Å². The minimum atomic E-state index is -0.137. The van der Waals surface area contributed by atoms with E-state index in [1.165, 1.54) is 0 Å². The van der Waals surface area contributed by atoms with E-state index in [9.17, 15) is 9.59 Å². The maximum atomic E-state index is 12.0. The number of pyridine rings is 1. The Kier molecular flexibility index (Phi) is 4.15. The molecular formula is C15H15N2O2+. The van der Waals surface area contributed by atoms with Crippen molar-refractivity contribution in [1.29, 1.82) is 0 Å². The van der Waals surface area contributed by atoms with E-state index in [-0.39, 0.29) is 24.7 Å². The van der Waals surface area contributed by atoms with Crippen LogP contribution < -0.4 is 10.3 Å². The van der Waals surface area contributed by atoms with Gasteiger partial charge in [0, 0.05) is 11.6 Å². The second kappa shape index (κ2) is 6.02. The fourth-order valence-corrected chi connectivity index (χ4v) is 1.78. The second-order valence-electron chi connectivity index (χ2n) is 4.18. The van der Waals surface area contributed by atoms with Crippen LogP contribution in [0.3, 0.4) is 0 Å². The van der Waals surface area contributed by atoms with Gasteiger partial charge in [-0.05, 0) is 6.07 Å². The molecule has 1 aromatic carbocycles. The summed E-state index contributed by atoms with van der Waals surface area (Å²) in [5, 5.41) is 0. The third-order valence-electron chi connectivity index (χ3n) is 2.79. The number of carbonyl (C=O) groups excluding carboxylic acids is 2. The predicted molar refractivity (Wildman–Crippen MR) is 70.8 cm³/mol. The van der Waals surface area contributed by atoms with Crippen LogP contribution in [0.1, 0.15) is 20.7 Å². The predicted octanol–water partition coefficient (Wildman–Crippen LogP) is 0.998. The molecule has 96 valence electrons. The topological polar surface area (TPSA) is 64.0 Å². The van der Waals surface area contributed by atoms with E-state index in [1.807, 2.05) is 18.2 Å². The van der Waals surface area contributed by atoms with Crippen molar-refractivity contribution >= 4 is 11.6 Å². The Labute approximate surface area is 111 Å². The van der Waals surface area contributed by atoms with Gasteiger partial charge in [-0.2, -0.15) is 4.57 Å². The molecule has 4 nitrogen and oxygen atoms in total. The van der Waals surface area contributed by atoms with Crippen LogP contribution in [-0.4, -0.2) is 18.1 Å². The van der Waals surface area contributed by atoms with Gasteiger partial charge in [-0.25, -0.2) is 0 Å². The van der Waals surface area contributed by atoms with Crippen molar-refractivity contribution in [3.05, 3.63) is 66.0 Å². The van der Waals surface area contributed by atoms with E-state index in [0.29, 0.717) is 11.1 Å². The summed E-state index contributed by atoms with van der Waals surface area (Å²) in [6.07, 6.45) is 3.41. The van der Waals surface area contributed by atoms with Gasteiger partial charge in [0.05, 0.1) is 12.1 Å². The summed E-state index contributed by atoms with van der Waals surface area (Å²) in [5.74, 6) is -0.135. The second-order valence-corrected chi connectivity index (χ2v) is 4.18. The lowest BCUT2D eigenvalue weighted by atomic mass is 10.1. The molecule has 1 aromatic heterocycles. The lowest BCUT2D eigenvalue weighted by molar-refractivity contribution is -0.683. The molecule has 2 rings (SSSR count).